The summed E-state index contributed by atoms with van der Waals surface area (Å²) in [5.41, 5.74) is 3.65. The summed E-state index contributed by atoms with van der Waals surface area (Å²) in [6.45, 7) is 2.10. The Balaban J connectivity index is 1.85. The van der Waals surface area contributed by atoms with E-state index < -0.39 is 0 Å². The van der Waals surface area contributed by atoms with E-state index >= 15 is 0 Å². The summed E-state index contributed by atoms with van der Waals surface area (Å²) in [5, 5.41) is 5.44. The molecule has 0 saturated heterocycles. The number of rotatable bonds is 4. The van der Waals surface area contributed by atoms with Crippen molar-refractivity contribution in [2.45, 2.75) is 19.4 Å². The van der Waals surface area contributed by atoms with Gasteiger partial charge in [0.25, 0.3) is 0 Å². The Kier molecular flexibility index (Phi) is 3.92. The average Bonchev–Trinajstić information content (AvgIpc) is 3.00. The van der Waals surface area contributed by atoms with Crippen LogP contribution < -0.4 is 5.32 Å². The molecular weight excluding hydrogens is 334 g/mol. The van der Waals surface area contributed by atoms with E-state index in [0.29, 0.717) is 0 Å². The first-order valence-electron chi connectivity index (χ1n) is 6.52. The van der Waals surface area contributed by atoms with E-state index in [1.165, 1.54) is 11.1 Å². The van der Waals surface area contributed by atoms with Crippen molar-refractivity contribution in [2.24, 2.45) is 0 Å². The molecule has 0 saturated carbocycles. The molecule has 1 aromatic carbocycles. The number of likely N-dealkylation sites (N-methyl/N-ethyl adjacent to an activating group) is 1. The maximum Gasteiger partial charge on any atom is 0.193 e. The fourth-order valence-electron chi connectivity index (χ4n) is 2.30. The highest BCUT2D eigenvalue weighted by molar-refractivity contribution is 9.10. The van der Waals surface area contributed by atoms with Gasteiger partial charge in [-0.1, -0.05) is 28.1 Å². The topological polar surface area (TPSA) is 29.3 Å². The van der Waals surface area contributed by atoms with Crippen LogP contribution in [0.2, 0.25) is 0 Å². The molecule has 2 heterocycles. The number of aryl methyl sites for hydroxylation is 1. The third-order valence-corrected chi connectivity index (χ3v) is 5.13. The molecule has 0 aliphatic rings. The molecular formula is C15H16BrN3S. The van der Waals surface area contributed by atoms with Crippen LogP contribution in [0.1, 0.15) is 22.9 Å². The predicted molar refractivity (Wildman–Crippen MR) is 87.5 cm³/mol. The van der Waals surface area contributed by atoms with Crippen LogP contribution in [0.4, 0.5) is 0 Å². The molecule has 3 rings (SSSR count). The van der Waals surface area contributed by atoms with Gasteiger partial charge in [0.2, 0.25) is 0 Å². The van der Waals surface area contributed by atoms with E-state index in [9.17, 15) is 0 Å². The van der Waals surface area contributed by atoms with Crippen molar-refractivity contribution >= 4 is 32.2 Å². The Labute approximate surface area is 130 Å². The number of fused-ring (bicyclic) bond motifs is 1. The largest absolute Gasteiger partial charge is 0.313 e. The normalized spacial score (nSPS) is 12.9. The highest BCUT2D eigenvalue weighted by Crippen LogP contribution is 2.24. The van der Waals surface area contributed by atoms with Crippen LogP contribution in [0.5, 0.6) is 0 Å². The van der Waals surface area contributed by atoms with Crippen LogP contribution in [0.15, 0.2) is 40.4 Å². The highest BCUT2D eigenvalue weighted by Gasteiger charge is 2.13. The second kappa shape index (κ2) is 5.68. The Morgan fingerprint density at radius 1 is 1.45 bits per heavy atom. The molecule has 1 N–H and O–H groups in total. The second-order valence-corrected chi connectivity index (χ2v) is 6.61. The third-order valence-electron chi connectivity index (χ3n) is 3.50. The summed E-state index contributed by atoms with van der Waals surface area (Å²) < 4.78 is 3.23. The lowest BCUT2D eigenvalue weighted by Gasteiger charge is -2.16. The molecule has 0 spiro atoms. The van der Waals surface area contributed by atoms with Gasteiger partial charge in [-0.25, -0.2) is 4.98 Å². The van der Waals surface area contributed by atoms with Crippen molar-refractivity contribution in [3.8, 4) is 0 Å². The maximum absolute atomic E-state index is 4.66. The lowest BCUT2D eigenvalue weighted by atomic mass is 10.0. The smallest absolute Gasteiger partial charge is 0.193 e. The van der Waals surface area contributed by atoms with Crippen molar-refractivity contribution in [1.29, 1.82) is 0 Å². The van der Waals surface area contributed by atoms with E-state index in [1.54, 1.807) is 11.3 Å². The van der Waals surface area contributed by atoms with Crippen molar-refractivity contribution in [1.82, 2.24) is 14.7 Å². The molecule has 0 fully saturated rings. The minimum Gasteiger partial charge on any atom is -0.313 e. The summed E-state index contributed by atoms with van der Waals surface area (Å²) in [7, 11) is 2.00. The number of imidazole rings is 1. The molecule has 104 valence electrons. The van der Waals surface area contributed by atoms with Gasteiger partial charge in [0.05, 0.1) is 5.69 Å². The van der Waals surface area contributed by atoms with Gasteiger partial charge in [-0.15, -0.1) is 11.3 Å². The van der Waals surface area contributed by atoms with E-state index in [4.69, 9.17) is 0 Å². The number of aromatic nitrogens is 2. The number of nitrogens with one attached hydrogen (secondary N) is 1. The summed E-state index contributed by atoms with van der Waals surface area (Å²) >= 11 is 5.27. The molecule has 20 heavy (non-hydrogen) atoms. The van der Waals surface area contributed by atoms with Crippen molar-refractivity contribution < 1.29 is 0 Å². The fraction of sp³-hybridized carbons (Fsp3) is 0.267. The molecule has 3 aromatic rings. The van der Waals surface area contributed by atoms with Gasteiger partial charge in [-0.2, -0.15) is 0 Å². The van der Waals surface area contributed by atoms with E-state index in [2.05, 4.69) is 67.3 Å². The molecule has 2 aromatic heterocycles. The molecule has 0 radical (unpaired) electrons. The number of benzene rings is 1. The van der Waals surface area contributed by atoms with Gasteiger partial charge in [-0.05, 0) is 31.2 Å². The number of hydrogen-bond acceptors (Lipinski definition) is 3. The van der Waals surface area contributed by atoms with Crippen LogP contribution in [0.3, 0.4) is 0 Å². The minimum absolute atomic E-state index is 0.275. The zero-order chi connectivity index (χ0) is 14.1. The molecule has 5 heteroatoms. The Morgan fingerprint density at radius 3 is 3.00 bits per heavy atom. The highest BCUT2D eigenvalue weighted by atomic mass is 79.9. The lowest BCUT2D eigenvalue weighted by Crippen LogP contribution is -2.19. The lowest BCUT2D eigenvalue weighted by molar-refractivity contribution is 0.585. The average molecular weight is 350 g/mol. The van der Waals surface area contributed by atoms with Crippen LogP contribution >= 0.6 is 27.3 Å². The van der Waals surface area contributed by atoms with Gasteiger partial charge < -0.3 is 5.32 Å². The number of hydrogen-bond donors (Lipinski definition) is 1. The van der Waals surface area contributed by atoms with Crippen molar-refractivity contribution in [2.75, 3.05) is 7.05 Å². The van der Waals surface area contributed by atoms with Gasteiger partial charge >= 0.3 is 0 Å². The Bertz CT molecular complexity index is 703. The van der Waals surface area contributed by atoms with Crippen LogP contribution in [-0.2, 0) is 6.42 Å². The van der Waals surface area contributed by atoms with Gasteiger partial charge in [0.15, 0.2) is 4.96 Å². The second-order valence-electron chi connectivity index (χ2n) is 4.88. The Morgan fingerprint density at radius 2 is 2.30 bits per heavy atom. The first kappa shape index (κ1) is 13.8. The first-order chi connectivity index (χ1) is 9.67. The molecule has 1 unspecified atom stereocenters. The number of nitrogens with zero attached hydrogens (tertiary/aromatic N) is 2. The van der Waals surface area contributed by atoms with Crippen LogP contribution in [0, 0.1) is 6.92 Å². The van der Waals surface area contributed by atoms with E-state index in [-0.39, 0.29) is 6.04 Å². The van der Waals surface area contributed by atoms with E-state index in [1.807, 2.05) is 13.2 Å². The summed E-state index contributed by atoms with van der Waals surface area (Å²) in [6, 6.07) is 6.79. The molecule has 3 nitrogen and oxygen atoms in total. The molecule has 1 atom stereocenters. The first-order valence-corrected chi connectivity index (χ1v) is 8.19. The number of halogens is 1. The fourth-order valence-corrected chi connectivity index (χ4v) is 3.41. The standard InChI is InChI=1S/C15H16BrN3S/c1-10-3-4-11(7-13(10)16)14(17-2)8-12-9-19-5-6-20-15(19)18-12/h3-7,9,14,17H,8H2,1-2H3. The summed E-state index contributed by atoms with van der Waals surface area (Å²) in [6.07, 6.45) is 5.05. The van der Waals surface area contributed by atoms with Crippen molar-refractivity contribution in [3.63, 3.8) is 0 Å². The Hall–Kier alpha value is -1.17. The summed E-state index contributed by atoms with van der Waals surface area (Å²) in [5.74, 6) is 0. The van der Waals surface area contributed by atoms with Crippen LogP contribution in [0.25, 0.3) is 4.96 Å². The van der Waals surface area contributed by atoms with Crippen LogP contribution in [-0.4, -0.2) is 16.4 Å². The molecule has 0 aliphatic carbocycles. The third kappa shape index (κ3) is 2.66. The monoisotopic (exact) mass is 349 g/mol. The quantitative estimate of drug-likeness (QED) is 0.772. The maximum atomic E-state index is 4.66. The van der Waals surface area contributed by atoms with Gasteiger partial charge in [0, 0.05) is 34.7 Å². The van der Waals surface area contributed by atoms with Crippen molar-refractivity contribution in [3.05, 3.63) is 57.3 Å². The minimum atomic E-state index is 0.275. The summed E-state index contributed by atoms with van der Waals surface area (Å²) in [4.78, 5) is 5.71. The zero-order valence-corrected chi connectivity index (χ0v) is 13.8. The molecule has 0 aliphatic heterocycles. The zero-order valence-electron chi connectivity index (χ0n) is 11.4. The van der Waals surface area contributed by atoms with Gasteiger partial charge in [0.1, 0.15) is 0 Å². The SMILES string of the molecule is CNC(Cc1cn2ccsc2n1)c1ccc(C)c(Br)c1. The molecule has 0 bridgehead atoms. The van der Waals surface area contributed by atoms with Gasteiger partial charge in [-0.3, -0.25) is 4.40 Å². The predicted octanol–water partition coefficient (Wildman–Crippen LogP) is 3.97. The van der Waals surface area contributed by atoms with E-state index in [0.717, 1.165) is 21.5 Å². The number of thiazole rings is 1. The molecule has 0 amide bonds.